The fourth-order valence-corrected chi connectivity index (χ4v) is 5.47. The molecule has 2 unspecified atom stereocenters. The van der Waals surface area contributed by atoms with Crippen molar-refractivity contribution in [2.75, 3.05) is 18.0 Å². The third-order valence-corrected chi connectivity index (χ3v) is 7.70. The molecule has 4 rings (SSSR count). The van der Waals surface area contributed by atoms with Gasteiger partial charge < -0.3 is 10.1 Å². The third kappa shape index (κ3) is 7.48. The van der Waals surface area contributed by atoms with E-state index in [4.69, 9.17) is 17.4 Å². The summed E-state index contributed by atoms with van der Waals surface area (Å²) in [6, 6.07) is 14.2. The molecule has 2 aromatic carbocycles. The van der Waals surface area contributed by atoms with Crippen LogP contribution in [0.25, 0.3) is 0 Å². The molecule has 200 valence electrons. The van der Waals surface area contributed by atoms with Crippen molar-refractivity contribution >= 4 is 30.7 Å². The lowest BCUT2D eigenvalue weighted by Crippen LogP contribution is -2.54. The summed E-state index contributed by atoms with van der Waals surface area (Å²) in [7, 11) is 0. The van der Waals surface area contributed by atoms with Crippen LogP contribution in [0.5, 0.6) is 5.75 Å². The van der Waals surface area contributed by atoms with Crippen LogP contribution in [0.3, 0.4) is 0 Å². The third-order valence-electron chi connectivity index (χ3n) is 7.05. The van der Waals surface area contributed by atoms with Gasteiger partial charge in [-0.3, -0.25) is 9.80 Å². The lowest BCUT2D eigenvalue weighted by molar-refractivity contribution is 0.188. The first-order valence-electron chi connectivity index (χ1n) is 13.4. The molecular weight excluding hydrogens is 487 g/mol. The average molecular weight is 527 g/mol. The molecule has 2 fully saturated rings. The summed E-state index contributed by atoms with van der Waals surface area (Å²) in [4.78, 5) is 20.7. The van der Waals surface area contributed by atoms with E-state index in [0.717, 1.165) is 38.2 Å². The van der Waals surface area contributed by atoms with Crippen molar-refractivity contribution in [1.82, 2.24) is 10.2 Å². The molecule has 2 atom stereocenters. The molecule has 1 aliphatic carbocycles. The number of carbonyl (C=O) groups excluding carboxylic acids is 1. The van der Waals surface area contributed by atoms with Gasteiger partial charge in [-0.05, 0) is 81.3 Å². The first-order valence-corrected chi connectivity index (χ1v) is 13.8. The number of aliphatic imine (C=N–C) groups is 1. The highest BCUT2D eigenvalue weighted by molar-refractivity contribution is 7.82. The molecule has 0 radical (unpaired) electrons. The Balaban J connectivity index is 1.42. The Hall–Kier alpha value is -2.58. The minimum atomic E-state index is -0.772. The summed E-state index contributed by atoms with van der Waals surface area (Å²) in [5.74, 6) is 1.13. The predicted molar refractivity (Wildman–Crippen MR) is 151 cm³/mol. The van der Waals surface area contributed by atoms with Gasteiger partial charge in [-0.2, -0.15) is 17.6 Å². The van der Waals surface area contributed by atoms with E-state index < -0.39 is 16.7 Å². The Kier molecular flexibility index (Phi) is 9.13. The number of carbonyl (C=O) groups is 1. The minimum Gasteiger partial charge on any atom is -0.491 e. The van der Waals surface area contributed by atoms with Gasteiger partial charge in [0, 0.05) is 31.4 Å². The van der Waals surface area contributed by atoms with Crippen LogP contribution < -0.4 is 15.0 Å². The van der Waals surface area contributed by atoms with Gasteiger partial charge in [-0.25, -0.2) is 9.18 Å². The first-order chi connectivity index (χ1) is 17.8. The quantitative estimate of drug-likeness (QED) is 0.166. The molecule has 8 heteroatoms. The Morgan fingerprint density at radius 1 is 1.27 bits per heavy atom. The number of nitrogens with zero attached hydrogens (tertiary/aromatic N) is 3. The van der Waals surface area contributed by atoms with E-state index >= 15 is 0 Å². The smallest absolute Gasteiger partial charge is 0.350 e. The number of amides is 2. The average Bonchev–Trinajstić information content (AvgIpc) is 3.58. The fourth-order valence-electron chi connectivity index (χ4n) is 5.07. The molecule has 0 aromatic heterocycles. The molecule has 0 spiro atoms. The molecule has 1 saturated carbocycles. The van der Waals surface area contributed by atoms with Gasteiger partial charge in [0.25, 0.3) is 0 Å². The highest BCUT2D eigenvalue weighted by Crippen LogP contribution is 2.38. The van der Waals surface area contributed by atoms with Gasteiger partial charge in [-0.1, -0.05) is 31.5 Å². The summed E-state index contributed by atoms with van der Waals surface area (Å²) >= 11 is 5.01. The Morgan fingerprint density at radius 3 is 2.73 bits per heavy atom. The van der Waals surface area contributed by atoms with Crippen molar-refractivity contribution < 1.29 is 13.9 Å². The second kappa shape index (κ2) is 12.3. The zero-order valence-corrected chi connectivity index (χ0v) is 23.0. The maximum atomic E-state index is 14.1. The molecule has 37 heavy (non-hydrogen) atoms. The number of halogens is 1. The van der Waals surface area contributed by atoms with E-state index in [1.807, 2.05) is 26.0 Å². The van der Waals surface area contributed by atoms with Crippen LogP contribution in [0.2, 0.25) is 0 Å². The van der Waals surface area contributed by atoms with E-state index in [1.54, 1.807) is 17.0 Å². The maximum absolute atomic E-state index is 14.1. The monoisotopic (exact) mass is 526 g/mol. The van der Waals surface area contributed by atoms with Crippen LogP contribution in [-0.4, -0.2) is 47.4 Å². The fraction of sp³-hybridized carbons (Fsp3) is 0.517. The van der Waals surface area contributed by atoms with Gasteiger partial charge in [0.05, 0.1) is 17.3 Å². The number of likely N-dealkylation sites (tertiary alicyclic amines) is 1. The minimum absolute atomic E-state index is 0.126. The molecule has 1 heterocycles. The largest absolute Gasteiger partial charge is 0.491 e. The van der Waals surface area contributed by atoms with Gasteiger partial charge in [0.15, 0.2) is 0 Å². The van der Waals surface area contributed by atoms with Crippen molar-refractivity contribution in [2.24, 2.45) is 10.9 Å². The molecule has 2 amide bonds. The van der Waals surface area contributed by atoms with E-state index in [9.17, 15) is 9.18 Å². The number of hydrogen-bond acceptors (Lipinski definition) is 4. The van der Waals surface area contributed by atoms with Crippen molar-refractivity contribution in [3.05, 3.63) is 59.9 Å². The predicted octanol–water partition coefficient (Wildman–Crippen LogP) is 6.27. The number of nitrogens with one attached hydrogen (secondary N) is 1. The summed E-state index contributed by atoms with van der Waals surface area (Å²) in [6.07, 6.45) is 6.34. The number of ether oxygens (including phenoxy) is 1. The summed E-state index contributed by atoms with van der Waals surface area (Å²) in [5, 5.41) is 3.25. The van der Waals surface area contributed by atoms with Gasteiger partial charge >= 0.3 is 6.03 Å². The van der Waals surface area contributed by atoms with E-state index in [0.29, 0.717) is 30.5 Å². The molecule has 1 aliphatic heterocycles. The Labute approximate surface area is 225 Å². The molecule has 1 saturated heterocycles. The van der Waals surface area contributed by atoms with E-state index in [1.165, 1.54) is 30.5 Å². The molecule has 0 bridgehead atoms. The second-order valence-corrected chi connectivity index (χ2v) is 11.3. The molecule has 1 N–H and O–H groups in total. The first kappa shape index (κ1) is 27.5. The van der Waals surface area contributed by atoms with Gasteiger partial charge in [0.1, 0.15) is 11.6 Å². The van der Waals surface area contributed by atoms with E-state index in [-0.39, 0.29) is 6.10 Å². The summed E-state index contributed by atoms with van der Waals surface area (Å²) in [6.45, 7) is 8.51. The Morgan fingerprint density at radius 2 is 2.03 bits per heavy atom. The summed E-state index contributed by atoms with van der Waals surface area (Å²) in [5.41, 5.74) is 1.65. The number of thiol groups is 1. The number of anilines is 1. The number of rotatable bonds is 10. The second-order valence-electron chi connectivity index (χ2n) is 10.5. The molecule has 2 aliphatic rings. The van der Waals surface area contributed by atoms with Crippen LogP contribution in [-0.2, 0) is 6.54 Å². The standard InChI is InChI=1S/C29H39FN4O2S/c1-4-7-23-17-27(23)31-20-32-28(35)34(25-10-6-9-24(30)18-25)29(37)12-14-33(15-13-29)19-22-8-5-11-26(16-22)36-21(2)3/h5-6,8-11,16,18,20-21,23,27,37H,4,7,12-15,17,19H2,1-3H3,(H,31,32,35). The van der Waals surface area contributed by atoms with Gasteiger partial charge in [-0.15, -0.1) is 0 Å². The number of urea groups is 1. The topological polar surface area (TPSA) is 57.2 Å². The number of hydrogen-bond donors (Lipinski definition) is 2. The van der Waals surface area contributed by atoms with Crippen LogP contribution >= 0.6 is 12.6 Å². The molecule has 6 nitrogen and oxygen atoms in total. The van der Waals surface area contributed by atoms with Crippen molar-refractivity contribution in [2.45, 2.75) is 76.4 Å². The van der Waals surface area contributed by atoms with Crippen molar-refractivity contribution in [1.29, 1.82) is 0 Å². The maximum Gasteiger partial charge on any atom is 0.350 e. The lowest BCUT2D eigenvalue weighted by Gasteiger charge is -2.45. The SMILES string of the molecule is CCCC1CC1N/C=N/C(=O)N(c1cccc(F)c1)C1(S)CCN(Cc2cccc(OC(C)C)c2)CC1. The number of piperidine rings is 1. The van der Waals surface area contributed by atoms with Crippen LogP contribution in [0.15, 0.2) is 53.5 Å². The molecular formula is C29H39FN4O2S. The van der Waals surface area contributed by atoms with Crippen molar-refractivity contribution in [3.8, 4) is 5.75 Å². The van der Waals surface area contributed by atoms with Gasteiger partial charge in [0.2, 0.25) is 0 Å². The van der Waals surface area contributed by atoms with Crippen LogP contribution in [0, 0.1) is 11.7 Å². The Bertz CT molecular complexity index is 1090. The number of benzene rings is 2. The summed E-state index contributed by atoms with van der Waals surface area (Å²) < 4.78 is 20.0. The lowest BCUT2D eigenvalue weighted by atomic mass is 10.0. The molecule has 2 aromatic rings. The normalized spacial score (nSPS) is 21.2. The van der Waals surface area contributed by atoms with Crippen LogP contribution in [0.4, 0.5) is 14.9 Å². The van der Waals surface area contributed by atoms with Crippen molar-refractivity contribution in [3.63, 3.8) is 0 Å². The highest BCUT2D eigenvalue weighted by atomic mass is 32.1. The highest BCUT2D eigenvalue weighted by Gasteiger charge is 2.41. The van der Waals surface area contributed by atoms with Crippen LogP contribution in [0.1, 0.15) is 58.4 Å². The zero-order chi connectivity index (χ0) is 26.4. The zero-order valence-electron chi connectivity index (χ0n) is 22.1. The van der Waals surface area contributed by atoms with E-state index in [2.05, 4.69) is 34.3 Å².